The van der Waals surface area contributed by atoms with Crippen molar-refractivity contribution in [3.05, 3.63) is 54.0 Å². The fourth-order valence-corrected chi connectivity index (χ4v) is 3.07. The van der Waals surface area contributed by atoms with Crippen molar-refractivity contribution in [3.8, 4) is 0 Å². The van der Waals surface area contributed by atoms with Gasteiger partial charge in [0.05, 0.1) is 5.92 Å². The molecule has 0 saturated carbocycles. The van der Waals surface area contributed by atoms with Crippen LogP contribution in [0.25, 0.3) is 11.2 Å². The van der Waals surface area contributed by atoms with E-state index in [0.717, 1.165) is 30.1 Å². The Labute approximate surface area is 117 Å². The molecule has 1 atom stereocenters. The molecule has 0 saturated heterocycles. The van der Waals surface area contributed by atoms with Crippen molar-refractivity contribution in [1.82, 2.24) is 14.5 Å². The van der Waals surface area contributed by atoms with Crippen LogP contribution in [0.15, 0.2) is 42.6 Å². The number of pyridine rings is 1. The zero-order valence-corrected chi connectivity index (χ0v) is 11.4. The van der Waals surface area contributed by atoms with Crippen LogP contribution in [0.2, 0.25) is 0 Å². The van der Waals surface area contributed by atoms with Crippen LogP contribution in [0, 0.1) is 0 Å². The first-order valence-electron chi connectivity index (χ1n) is 7.02. The monoisotopic (exact) mass is 264 g/mol. The standard InChI is InChI=1S/C16H16N4/c1-2-20-15(19-14-8-5-9-17-16(14)20)12-10-18-13-7-4-3-6-11(12)13/h3-9,12,18H,2,10H2,1H3. The molecular weight excluding hydrogens is 248 g/mol. The molecule has 0 fully saturated rings. The third-order valence-electron chi connectivity index (χ3n) is 3.99. The molecule has 3 aromatic rings. The number of rotatable bonds is 2. The highest BCUT2D eigenvalue weighted by Gasteiger charge is 2.28. The van der Waals surface area contributed by atoms with Crippen LogP contribution in [0.5, 0.6) is 0 Å². The van der Waals surface area contributed by atoms with Crippen molar-refractivity contribution in [2.24, 2.45) is 0 Å². The summed E-state index contributed by atoms with van der Waals surface area (Å²) in [6.45, 7) is 3.94. The van der Waals surface area contributed by atoms with Crippen molar-refractivity contribution < 1.29 is 0 Å². The SMILES string of the molecule is CCn1c(C2CNc3ccccc32)nc2cccnc21. The molecule has 1 aliphatic rings. The summed E-state index contributed by atoms with van der Waals surface area (Å²) in [7, 11) is 0. The van der Waals surface area contributed by atoms with Gasteiger partial charge in [-0.05, 0) is 30.7 Å². The van der Waals surface area contributed by atoms with E-state index in [2.05, 4.69) is 46.1 Å². The topological polar surface area (TPSA) is 42.7 Å². The highest BCUT2D eigenvalue weighted by molar-refractivity contribution is 5.72. The van der Waals surface area contributed by atoms with Crippen molar-refractivity contribution >= 4 is 16.9 Å². The Morgan fingerprint density at radius 2 is 2.15 bits per heavy atom. The van der Waals surface area contributed by atoms with E-state index >= 15 is 0 Å². The molecule has 1 aromatic carbocycles. The maximum Gasteiger partial charge on any atom is 0.159 e. The normalized spacial score (nSPS) is 17.1. The van der Waals surface area contributed by atoms with Gasteiger partial charge >= 0.3 is 0 Å². The summed E-state index contributed by atoms with van der Waals surface area (Å²) in [4.78, 5) is 9.30. The van der Waals surface area contributed by atoms with Crippen molar-refractivity contribution in [1.29, 1.82) is 0 Å². The molecule has 100 valence electrons. The second kappa shape index (κ2) is 4.34. The van der Waals surface area contributed by atoms with Crippen LogP contribution >= 0.6 is 0 Å². The highest BCUT2D eigenvalue weighted by atomic mass is 15.1. The van der Waals surface area contributed by atoms with Crippen molar-refractivity contribution in [3.63, 3.8) is 0 Å². The van der Waals surface area contributed by atoms with E-state index < -0.39 is 0 Å². The number of para-hydroxylation sites is 1. The molecule has 2 aromatic heterocycles. The summed E-state index contributed by atoms with van der Waals surface area (Å²) in [6.07, 6.45) is 1.83. The summed E-state index contributed by atoms with van der Waals surface area (Å²) < 4.78 is 2.23. The molecule has 4 nitrogen and oxygen atoms in total. The van der Waals surface area contributed by atoms with Gasteiger partial charge in [-0.15, -0.1) is 0 Å². The Hall–Kier alpha value is -2.36. The van der Waals surface area contributed by atoms with Crippen molar-refractivity contribution in [2.75, 3.05) is 11.9 Å². The van der Waals surface area contributed by atoms with Gasteiger partial charge < -0.3 is 9.88 Å². The summed E-state index contributed by atoms with van der Waals surface area (Å²) in [5.41, 5.74) is 4.51. The molecule has 0 radical (unpaired) electrons. The minimum atomic E-state index is 0.306. The highest BCUT2D eigenvalue weighted by Crippen LogP contribution is 2.36. The largest absolute Gasteiger partial charge is 0.384 e. The second-order valence-corrected chi connectivity index (χ2v) is 5.08. The summed E-state index contributed by atoms with van der Waals surface area (Å²) in [5, 5.41) is 3.47. The Morgan fingerprint density at radius 3 is 3.05 bits per heavy atom. The number of imidazole rings is 1. The number of fused-ring (bicyclic) bond motifs is 2. The number of anilines is 1. The fraction of sp³-hybridized carbons (Fsp3) is 0.250. The number of aryl methyl sites for hydroxylation is 1. The van der Waals surface area contributed by atoms with E-state index in [1.807, 2.05) is 18.3 Å². The Morgan fingerprint density at radius 1 is 1.25 bits per heavy atom. The molecular formula is C16H16N4. The average Bonchev–Trinajstić information content (AvgIpc) is 3.07. The third kappa shape index (κ3) is 1.54. The summed E-state index contributed by atoms with van der Waals surface area (Å²) >= 11 is 0. The first-order valence-corrected chi connectivity index (χ1v) is 7.02. The molecule has 3 heterocycles. The van der Waals surface area contributed by atoms with Crippen LogP contribution < -0.4 is 5.32 Å². The van der Waals surface area contributed by atoms with E-state index in [9.17, 15) is 0 Å². The first-order chi connectivity index (χ1) is 9.88. The summed E-state index contributed by atoms with van der Waals surface area (Å²) in [5.74, 6) is 1.42. The van der Waals surface area contributed by atoms with E-state index in [-0.39, 0.29) is 0 Å². The van der Waals surface area contributed by atoms with Gasteiger partial charge in [0, 0.05) is 25.0 Å². The maximum atomic E-state index is 4.82. The first kappa shape index (κ1) is 11.5. The Kier molecular flexibility index (Phi) is 2.49. The zero-order valence-electron chi connectivity index (χ0n) is 11.4. The fourth-order valence-electron chi connectivity index (χ4n) is 3.07. The minimum absolute atomic E-state index is 0.306. The average molecular weight is 264 g/mol. The molecule has 1 N–H and O–H groups in total. The van der Waals surface area contributed by atoms with Gasteiger partial charge in [-0.3, -0.25) is 0 Å². The second-order valence-electron chi connectivity index (χ2n) is 5.08. The molecule has 0 amide bonds. The Bertz CT molecular complexity index is 775. The van der Waals surface area contributed by atoms with Gasteiger partial charge in [-0.1, -0.05) is 18.2 Å². The van der Waals surface area contributed by atoms with E-state index in [0.29, 0.717) is 5.92 Å². The number of benzene rings is 1. The predicted molar refractivity (Wildman–Crippen MR) is 80.0 cm³/mol. The quantitative estimate of drug-likeness (QED) is 0.773. The lowest BCUT2D eigenvalue weighted by atomic mass is 10.0. The predicted octanol–water partition coefficient (Wildman–Crippen LogP) is 3.01. The van der Waals surface area contributed by atoms with Gasteiger partial charge in [0.25, 0.3) is 0 Å². The smallest absolute Gasteiger partial charge is 0.159 e. The molecule has 4 rings (SSSR count). The molecule has 1 aliphatic heterocycles. The lowest BCUT2D eigenvalue weighted by molar-refractivity contribution is 0.679. The Balaban J connectivity index is 1.91. The number of aromatic nitrogens is 3. The van der Waals surface area contributed by atoms with Crippen LogP contribution in [0.4, 0.5) is 5.69 Å². The van der Waals surface area contributed by atoms with E-state index in [1.54, 1.807) is 0 Å². The molecule has 0 bridgehead atoms. The third-order valence-corrected chi connectivity index (χ3v) is 3.99. The lowest BCUT2D eigenvalue weighted by Gasteiger charge is -2.12. The maximum absolute atomic E-state index is 4.82. The minimum Gasteiger partial charge on any atom is -0.384 e. The zero-order chi connectivity index (χ0) is 13.5. The van der Waals surface area contributed by atoms with Gasteiger partial charge in [0.2, 0.25) is 0 Å². The lowest BCUT2D eigenvalue weighted by Crippen LogP contribution is -2.11. The van der Waals surface area contributed by atoms with Crippen molar-refractivity contribution in [2.45, 2.75) is 19.4 Å². The molecule has 4 heteroatoms. The van der Waals surface area contributed by atoms with Gasteiger partial charge in [0.1, 0.15) is 11.3 Å². The van der Waals surface area contributed by atoms with E-state index in [1.165, 1.54) is 11.3 Å². The molecule has 20 heavy (non-hydrogen) atoms. The van der Waals surface area contributed by atoms with Gasteiger partial charge in [0.15, 0.2) is 5.65 Å². The van der Waals surface area contributed by atoms with Gasteiger partial charge in [-0.25, -0.2) is 9.97 Å². The number of hydrogen-bond acceptors (Lipinski definition) is 3. The number of nitrogens with one attached hydrogen (secondary N) is 1. The number of hydrogen-bond donors (Lipinski definition) is 1. The van der Waals surface area contributed by atoms with Crippen LogP contribution in [-0.2, 0) is 6.54 Å². The van der Waals surface area contributed by atoms with E-state index in [4.69, 9.17) is 4.98 Å². The molecule has 0 aliphatic carbocycles. The van der Waals surface area contributed by atoms with Crippen LogP contribution in [0.3, 0.4) is 0 Å². The van der Waals surface area contributed by atoms with Crippen LogP contribution in [0.1, 0.15) is 24.2 Å². The molecule has 0 spiro atoms. The number of nitrogens with zero attached hydrogens (tertiary/aromatic N) is 3. The summed E-state index contributed by atoms with van der Waals surface area (Å²) in [6, 6.07) is 12.5. The molecule has 1 unspecified atom stereocenters. The van der Waals surface area contributed by atoms with Gasteiger partial charge in [-0.2, -0.15) is 0 Å². The van der Waals surface area contributed by atoms with Crippen LogP contribution in [-0.4, -0.2) is 21.1 Å².